The van der Waals surface area contributed by atoms with Gasteiger partial charge >= 0.3 is 0 Å². The van der Waals surface area contributed by atoms with Crippen molar-refractivity contribution in [3.05, 3.63) is 35.1 Å². The predicted molar refractivity (Wildman–Crippen MR) is 58.7 cm³/mol. The number of halogens is 2. The van der Waals surface area contributed by atoms with E-state index in [2.05, 4.69) is 0 Å². The van der Waals surface area contributed by atoms with Crippen LogP contribution in [0.3, 0.4) is 0 Å². The van der Waals surface area contributed by atoms with Gasteiger partial charge in [0, 0.05) is 18.2 Å². The van der Waals surface area contributed by atoms with E-state index in [1.54, 1.807) is 0 Å². The monoisotopic (exact) mass is 309 g/mol. The fraction of sp³-hybridized carbons (Fsp3) is 0.222. The Balaban J connectivity index is 3.14. The van der Waals surface area contributed by atoms with Crippen LogP contribution in [0.2, 0.25) is 0 Å². The molecule has 2 N–H and O–H groups in total. The van der Waals surface area contributed by atoms with Gasteiger partial charge in [0.25, 0.3) is 0 Å². The molecule has 0 aliphatic rings. The lowest BCUT2D eigenvalue weighted by molar-refractivity contribution is 0.1000. The summed E-state index contributed by atoms with van der Waals surface area (Å²) in [6.45, 7) is 0. The molecule has 5 heteroatoms. The Bertz CT molecular complexity index is 357. The van der Waals surface area contributed by atoms with Gasteiger partial charge in [-0.1, -0.05) is 0 Å². The summed E-state index contributed by atoms with van der Waals surface area (Å²) in [5.41, 5.74) is 5.67. The zero-order chi connectivity index (χ0) is 10.7. The van der Waals surface area contributed by atoms with E-state index in [4.69, 9.17) is 10.5 Å². The zero-order valence-electron chi connectivity index (χ0n) is 7.46. The highest BCUT2D eigenvalue weighted by atomic mass is 127. The fourth-order valence-electron chi connectivity index (χ4n) is 0.998. The summed E-state index contributed by atoms with van der Waals surface area (Å²) in [6.07, 6.45) is 0. The third kappa shape index (κ3) is 2.42. The normalized spacial score (nSPS) is 12.5. The molecule has 1 rings (SSSR count). The molecular weight excluding hydrogens is 300 g/mol. The van der Waals surface area contributed by atoms with Crippen LogP contribution in [0.25, 0.3) is 0 Å². The minimum atomic E-state index is -0.578. The van der Waals surface area contributed by atoms with Gasteiger partial charge in [-0.2, -0.15) is 0 Å². The van der Waals surface area contributed by atoms with Crippen LogP contribution >= 0.6 is 22.6 Å². The van der Waals surface area contributed by atoms with Gasteiger partial charge in [0.05, 0.1) is 0 Å². The minimum Gasteiger partial charge on any atom is -0.366 e. The second kappa shape index (κ2) is 4.70. The molecule has 0 spiro atoms. The topological polar surface area (TPSA) is 52.3 Å². The predicted octanol–water partition coefficient (Wildman–Crippen LogP) is 2.00. The smallest absolute Gasteiger partial charge is 0.248 e. The molecule has 0 saturated carbocycles. The maximum atomic E-state index is 13.2. The summed E-state index contributed by atoms with van der Waals surface area (Å²) in [5.74, 6) is -0.984. The van der Waals surface area contributed by atoms with Crippen molar-refractivity contribution in [2.75, 3.05) is 7.11 Å². The maximum Gasteiger partial charge on any atom is 0.248 e. The first kappa shape index (κ1) is 11.4. The molecule has 0 radical (unpaired) electrons. The van der Waals surface area contributed by atoms with Crippen molar-refractivity contribution in [2.24, 2.45) is 5.73 Å². The first-order valence-corrected chi connectivity index (χ1v) is 5.07. The Morgan fingerprint density at radius 1 is 1.64 bits per heavy atom. The van der Waals surface area contributed by atoms with Gasteiger partial charge in [-0.15, -0.1) is 0 Å². The van der Waals surface area contributed by atoms with Gasteiger partial charge in [0.15, 0.2) is 0 Å². The van der Waals surface area contributed by atoms with Crippen molar-refractivity contribution in [3.63, 3.8) is 0 Å². The van der Waals surface area contributed by atoms with Crippen LogP contribution in [0.5, 0.6) is 0 Å². The molecule has 3 nitrogen and oxygen atoms in total. The highest BCUT2D eigenvalue weighted by Crippen LogP contribution is 2.26. The van der Waals surface area contributed by atoms with Crippen LogP contribution in [0.4, 0.5) is 4.39 Å². The van der Waals surface area contributed by atoms with Gasteiger partial charge in [0.1, 0.15) is 9.93 Å². The number of rotatable bonds is 3. The van der Waals surface area contributed by atoms with E-state index < -0.39 is 15.8 Å². The van der Waals surface area contributed by atoms with E-state index >= 15 is 0 Å². The van der Waals surface area contributed by atoms with Crippen molar-refractivity contribution in [1.29, 1.82) is 0 Å². The summed E-state index contributed by atoms with van der Waals surface area (Å²) < 4.78 is 17.8. The van der Waals surface area contributed by atoms with E-state index in [0.29, 0.717) is 5.56 Å². The quantitative estimate of drug-likeness (QED) is 0.686. The second-order valence-electron chi connectivity index (χ2n) is 2.65. The van der Waals surface area contributed by atoms with Crippen molar-refractivity contribution in [2.45, 2.75) is 4.11 Å². The van der Waals surface area contributed by atoms with E-state index in [1.807, 2.05) is 22.6 Å². The summed E-state index contributed by atoms with van der Waals surface area (Å²) in [5, 5.41) is 0. The number of carbonyl (C=O) groups excluding carboxylic acids is 1. The summed E-state index contributed by atoms with van der Waals surface area (Å²) in [4.78, 5) is 10.8. The van der Waals surface area contributed by atoms with Crippen LogP contribution in [0.1, 0.15) is 20.0 Å². The maximum absolute atomic E-state index is 13.2. The molecular formula is C9H9FINO2. The average Bonchev–Trinajstić information content (AvgIpc) is 2.17. The van der Waals surface area contributed by atoms with Crippen LogP contribution in [-0.4, -0.2) is 13.0 Å². The third-order valence-corrected chi connectivity index (χ3v) is 2.91. The molecule has 0 saturated heterocycles. The molecule has 0 bridgehead atoms. The number of primary amides is 1. The summed E-state index contributed by atoms with van der Waals surface area (Å²) in [7, 11) is 1.47. The highest BCUT2D eigenvalue weighted by molar-refractivity contribution is 14.1. The lowest BCUT2D eigenvalue weighted by atomic mass is 10.1. The molecule has 0 aliphatic carbocycles. The summed E-state index contributed by atoms with van der Waals surface area (Å²) in [6, 6.07) is 3.96. The largest absolute Gasteiger partial charge is 0.366 e. The van der Waals surface area contributed by atoms with Gasteiger partial charge in [-0.25, -0.2) is 4.39 Å². The molecule has 0 aliphatic heterocycles. The Morgan fingerprint density at radius 3 is 2.79 bits per heavy atom. The van der Waals surface area contributed by atoms with E-state index in [0.717, 1.165) is 0 Å². The lowest BCUT2D eigenvalue weighted by Crippen LogP contribution is -2.12. The number of alkyl halides is 1. The minimum absolute atomic E-state index is 0.278. The average molecular weight is 309 g/mol. The van der Waals surface area contributed by atoms with Gasteiger partial charge in [0.2, 0.25) is 5.91 Å². The molecule has 1 aromatic carbocycles. The molecule has 1 amide bonds. The van der Waals surface area contributed by atoms with Crippen molar-refractivity contribution < 1.29 is 13.9 Å². The molecule has 1 unspecified atom stereocenters. The number of nitrogens with two attached hydrogens (primary N) is 1. The lowest BCUT2D eigenvalue weighted by Gasteiger charge is -2.09. The van der Waals surface area contributed by atoms with Crippen LogP contribution in [-0.2, 0) is 4.74 Å². The number of ether oxygens (including phenoxy) is 1. The molecule has 14 heavy (non-hydrogen) atoms. The van der Waals surface area contributed by atoms with Gasteiger partial charge in [-0.05, 0) is 40.8 Å². The number of hydrogen-bond acceptors (Lipinski definition) is 2. The molecule has 0 heterocycles. The van der Waals surface area contributed by atoms with E-state index in [1.165, 1.54) is 25.3 Å². The van der Waals surface area contributed by atoms with Gasteiger partial charge < -0.3 is 10.5 Å². The Labute approximate surface area is 94.6 Å². The summed E-state index contributed by atoms with van der Waals surface area (Å²) >= 11 is 1.92. The number of hydrogen-bond donors (Lipinski definition) is 1. The van der Waals surface area contributed by atoms with Crippen molar-refractivity contribution >= 4 is 28.5 Å². The molecule has 1 aromatic rings. The first-order chi connectivity index (χ1) is 6.56. The standard InChI is InChI=1S/C9H9FINO2/c1-14-8(11)6-4-5(9(12)13)2-3-7(6)10/h2-4,8H,1H3,(H2,12,13). The number of benzene rings is 1. The number of methoxy groups -OCH3 is 1. The second-order valence-corrected chi connectivity index (χ2v) is 3.78. The zero-order valence-corrected chi connectivity index (χ0v) is 9.62. The number of carbonyl (C=O) groups is 1. The molecule has 0 aromatic heterocycles. The fourth-order valence-corrected chi connectivity index (χ4v) is 1.48. The Morgan fingerprint density at radius 2 is 2.29 bits per heavy atom. The van der Waals surface area contributed by atoms with Crippen molar-refractivity contribution in [3.8, 4) is 0 Å². The molecule has 76 valence electrons. The van der Waals surface area contributed by atoms with Crippen LogP contribution < -0.4 is 5.73 Å². The van der Waals surface area contributed by atoms with E-state index in [-0.39, 0.29) is 5.56 Å². The SMILES string of the molecule is COC(I)c1cc(C(N)=O)ccc1F. The highest BCUT2D eigenvalue weighted by Gasteiger charge is 2.13. The molecule has 1 atom stereocenters. The van der Waals surface area contributed by atoms with Gasteiger partial charge in [-0.3, -0.25) is 4.79 Å². The van der Waals surface area contributed by atoms with Crippen LogP contribution in [0.15, 0.2) is 18.2 Å². The van der Waals surface area contributed by atoms with Crippen molar-refractivity contribution in [1.82, 2.24) is 0 Å². The first-order valence-electron chi connectivity index (χ1n) is 3.82. The Hall–Kier alpha value is -0.690. The number of amides is 1. The van der Waals surface area contributed by atoms with E-state index in [9.17, 15) is 9.18 Å². The van der Waals surface area contributed by atoms with Crippen LogP contribution in [0, 0.1) is 5.82 Å². The Kier molecular flexibility index (Phi) is 3.82. The molecule has 0 fully saturated rings. The third-order valence-electron chi connectivity index (χ3n) is 1.73.